The van der Waals surface area contributed by atoms with E-state index in [1.54, 1.807) is 0 Å². The second kappa shape index (κ2) is 6.65. The summed E-state index contributed by atoms with van der Waals surface area (Å²) in [5, 5.41) is 2.85. The lowest BCUT2D eigenvalue weighted by Crippen LogP contribution is -2.41. The normalized spacial score (nSPS) is 22.2. The molecule has 1 aromatic carbocycles. The van der Waals surface area contributed by atoms with Crippen molar-refractivity contribution in [3.8, 4) is 5.75 Å². The quantitative estimate of drug-likeness (QED) is 0.851. The molecular weight excluding hydrogens is 317 g/mol. The van der Waals surface area contributed by atoms with Gasteiger partial charge in [0.1, 0.15) is 5.75 Å². The molecule has 1 N–H and O–H groups in total. The predicted octanol–water partition coefficient (Wildman–Crippen LogP) is 3.27. The third kappa shape index (κ3) is 3.85. The molecule has 3 rings (SSSR count). The molecule has 0 bridgehead atoms. The van der Waals surface area contributed by atoms with Gasteiger partial charge in [-0.15, -0.1) is 0 Å². The highest BCUT2D eigenvalue weighted by molar-refractivity contribution is 6.62. The summed E-state index contributed by atoms with van der Waals surface area (Å²) < 4.78 is 18.4. The number of carbonyl (C=O) groups is 1. The molecule has 0 spiro atoms. The molecule has 25 heavy (non-hydrogen) atoms. The summed E-state index contributed by atoms with van der Waals surface area (Å²) in [6.45, 7) is 9.65. The van der Waals surface area contributed by atoms with Gasteiger partial charge in [-0.05, 0) is 71.0 Å². The van der Waals surface area contributed by atoms with Gasteiger partial charge in [0, 0.05) is 6.92 Å². The number of hydrogen-bond donors (Lipinski definition) is 1. The summed E-state index contributed by atoms with van der Waals surface area (Å²) in [7, 11) is -0.442. The minimum atomic E-state index is -0.442. The summed E-state index contributed by atoms with van der Waals surface area (Å²) in [6.07, 6.45) is 4.70. The van der Waals surface area contributed by atoms with Crippen molar-refractivity contribution in [3.05, 3.63) is 18.2 Å². The highest BCUT2D eigenvalue weighted by Gasteiger charge is 2.51. The molecule has 1 aromatic rings. The molecule has 0 unspecified atom stereocenters. The third-order valence-electron chi connectivity index (χ3n) is 5.44. The van der Waals surface area contributed by atoms with E-state index < -0.39 is 7.12 Å². The Labute approximate surface area is 150 Å². The number of amides is 1. The molecule has 6 heteroatoms. The highest BCUT2D eigenvalue weighted by Crippen LogP contribution is 2.37. The fourth-order valence-corrected chi connectivity index (χ4v) is 3.24. The Morgan fingerprint density at radius 1 is 1.16 bits per heavy atom. The zero-order chi connectivity index (χ0) is 18.2. The maximum atomic E-state index is 11.5. The smallest absolute Gasteiger partial charge is 0.488 e. The molecule has 1 aliphatic heterocycles. The lowest BCUT2D eigenvalue weighted by molar-refractivity contribution is -0.114. The second-order valence-corrected chi connectivity index (χ2v) is 8.05. The van der Waals surface area contributed by atoms with E-state index in [0.717, 1.165) is 18.3 Å². The Balaban J connectivity index is 1.87. The summed E-state index contributed by atoms with van der Waals surface area (Å²) >= 11 is 0. The van der Waals surface area contributed by atoms with Crippen molar-refractivity contribution in [3.63, 3.8) is 0 Å². The molecule has 136 valence electrons. The molecule has 2 fully saturated rings. The van der Waals surface area contributed by atoms with E-state index in [4.69, 9.17) is 14.0 Å². The maximum absolute atomic E-state index is 11.5. The van der Waals surface area contributed by atoms with Gasteiger partial charge in [-0.2, -0.15) is 0 Å². The van der Waals surface area contributed by atoms with Crippen molar-refractivity contribution < 1.29 is 18.8 Å². The third-order valence-corrected chi connectivity index (χ3v) is 5.44. The van der Waals surface area contributed by atoms with Crippen LogP contribution < -0.4 is 15.5 Å². The van der Waals surface area contributed by atoms with Crippen molar-refractivity contribution in [2.75, 3.05) is 5.32 Å². The number of nitrogens with one attached hydrogen (secondary N) is 1. The lowest BCUT2D eigenvalue weighted by Gasteiger charge is -2.32. The van der Waals surface area contributed by atoms with Crippen LogP contribution in [0.4, 0.5) is 5.69 Å². The number of rotatable bonds is 4. The number of benzene rings is 1. The standard InChI is InChI=1S/C19H28BNO4/c1-13(22)21-16-11-10-14(12-17(16)23-15-8-6-7-9-15)20-24-18(2,3)19(4,5)25-20/h10-12,15H,6-9H2,1-5H3,(H,21,22). The molecule has 0 atom stereocenters. The van der Waals surface area contributed by atoms with E-state index in [9.17, 15) is 4.79 Å². The number of carbonyl (C=O) groups excluding carboxylic acids is 1. The Morgan fingerprint density at radius 3 is 2.32 bits per heavy atom. The van der Waals surface area contributed by atoms with Crippen LogP contribution in [0.5, 0.6) is 5.75 Å². The number of hydrogen-bond acceptors (Lipinski definition) is 4. The van der Waals surface area contributed by atoms with Crippen LogP contribution in [0, 0.1) is 0 Å². The summed E-state index contributed by atoms with van der Waals surface area (Å²) in [4.78, 5) is 11.5. The van der Waals surface area contributed by atoms with Crippen molar-refractivity contribution in [1.82, 2.24) is 0 Å². The first-order valence-corrected chi connectivity index (χ1v) is 9.12. The average molecular weight is 345 g/mol. The van der Waals surface area contributed by atoms with Crippen LogP contribution in [0.1, 0.15) is 60.3 Å². The van der Waals surface area contributed by atoms with Crippen LogP contribution in [0.15, 0.2) is 18.2 Å². The average Bonchev–Trinajstić information content (AvgIpc) is 3.07. The van der Waals surface area contributed by atoms with E-state index in [2.05, 4.69) is 5.32 Å². The minimum Gasteiger partial charge on any atom is -0.488 e. The van der Waals surface area contributed by atoms with Gasteiger partial charge in [0.15, 0.2) is 0 Å². The maximum Gasteiger partial charge on any atom is 0.494 e. The predicted molar refractivity (Wildman–Crippen MR) is 99.3 cm³/mol. The van der Waals surface area contributed by atoms with Gasteiger partial charge < -0.3 is 19.4 Å². The summed E-state index contributed by atoms with van der Waals surface area (Å²) in [5.41, 5.74) is 0.821. The molecule has 1 saturated heterocycles. The van der Waals surface area contributed by atoms with Crippen molar-refractivity contribution in [2.24, 2.45) is 0 Å². The van der Waals surface area contributed by atoms with Gasteiger partial charge in [-0.1, -0.05) is 6.07 Å². The van der Waals surface area contributed by atoms with Gasteiger partial charge in [0.25, 0.3) is 0 Å². The molecule has 0 aromatic heterocycles. The van der Waals surface area contributed by atoms with Crippen LogP contribution in [-0.2, 0) is 14.1 Å². The van der Waals surface area contributed by atoms with Gasteiger partial charge in [0.05, 0.1) is 23.0 Å². The first-order valence-electron chi connectivity index (χ1n) is 9.12. The van der Waals surface area contributed by atoms with Crippen LogP contribution in [-0.4, -0.2) is 30.3 Å². The highest BCUT2D eigenvalue weighted by atomic mass is 16.7. The van der Waals surface area contributed by atoms with E-state index in [1.807, 2.05) is 45.9 Å². The lowest BCUT2D eigenvalue weighted by atomic mass is 9.79. The van der Waals surface area contributed by atoms with Crippen LogP contribution in [0.25, 0.3) is 0 Å². The SMILES string of the molecule is CC(=O)Nc1ccc(B2OC(C)(C)C(C)(C)O2)cc1OC1CCCC1. The van der Waals surface area contributed by atoms with Gasteiger partial charge in [-0.3, -0.25) is 4.79 Å². The number of anilines is 1. The monoisotopic (exact) mass is 345 g/mol. The van der Waals surface area contributed by atoms with Crippen LogP contribution in [0.3, 0.4) is 0 Å². The molecule has 5 nitrogen and oxygen atoms in total. The molecule has 2 aliphatic rings. The molecular formula is C19H28BNO4. The van der Waals surface area contributed by atoms with E-state index in [1.165, 1.54) is 19.8 Å². The van der Waals surface area contributed by atoms with Crippen molar-refractivity contribution >= 4 is 24.2 Å². The molecule has 1 saturated carbocycles. The van der Waals surface area contributed by atoms with E-state index >= 15 is 0 Å². The number of ether oxygens (including phenoxy) is 1. The first kappa shape index (κ1) is 18.3. The summed E-state index contributed by atoms with van der Waals surface area (Å²) in [6, 6.07) is 5.73. The first-order chi connectivity index (χ1) is 11.7. The van der Waals surface area contributed by atoms with Gasteiger partial charge in [-0.25, -0.2) is 0 Å². The van der Waals surface area contributed by atoms with E-state index in [-0.39, 0.29) is 23.2 Å². The van der Waals surface area contributed by atoms with Crippen molar-refractivity contribution in [2.45, 2.75) is 77.6 Å². The van der Waals surface area contributed by atoms with Gasteiger partial charge >= 0.3 is 7.12 Å². The van der Waals surface area contributed by atoms with Crippen LogP contribution >= 0.6 is 0 Å². The second-order valence-electron chi connectivity index (χ2n) is 8.05. The fraction of sp³-hybridized carbons (Fsp3) is 0.632. The fourth-order valence-electron chi connectivity index (χ4n) is 3.24. The molecule has 1 amide bonds. The minimum absolute atomic E-state index is 0.111. The zero-order valence-corrected chi connectivity index (χ0v) is 15.8. The largest absolute Gasteiger partial charge is 0.494 e. The van der Waals surface area contributed by atoms with Crippen LogP contribution in [0.2, 0.25) is 0 Å². The Hall–Kier alpha value is -1.53. The molecule has 1 heterocycles. The molecule has 1 aliphatic carbocycles. The Bertz CT molecular complexity index is 637. The zero-order valence-electron chi connectivity index (χ0n) is 15.8. The Kier molecular flexibility index (Phi) is 4.86. The van der Waals surface area contributed by atoms with E-state index in [0.29, 0.717) is 11.4 Å². The topological polar surface area (TPSA) is 56.8 Å². The molecule has 0 radical (unpaired) electrons. The Morgan fingerprint density at radius 2 is 1.76 bits per heavy atom. The van der Waals surface area contributed by atoms with Crippen molar-refractivity contribution in [1.29, 1.82) is 0 Å². The van der Waals surface area contributed by atoms with Gasteiger partial charge in [0.2, 0.25) is 5.91 Å². The summed E-state index contributed by atoms with van der Waals surface area (Å²) in [5.74, 6) is 0.578.